The van der Waals surface area contributed by atoms with Crippen LogP contribution >= 0.6 is 22.9 Å². The summed E-state index contributed by atoms with van der Waals surface area (Å²) in [5.41, 5.74) is 0. The van der Waals surface area contributed by atoms with Gasteiger partial charge in [-0.05, 0) is 18.6 Å². The number of hydrogen-bond donors (Lipinski definition) is 2. The number of thiophene rings is 1. The van der Waals surface area contributed by atoms with Gasteiger partial charge in [0.25, 0.3) is 5.91 Å². The van der Waals surface area contributed by atoms with Crippen molar-refractivity contribution in [2.75, 3.05) is 26.3 Å². The molecular formula is C15H21ClN2O4S. The minimum absolute atomic E-state index is 0.102. The highest BCUT2D eigenvalue weighted by Crippen LogP contribution is 2.23. The van der Waals surface area contributed by atoms with Crippen LogP contribution in [-0.2, 0) is 4.74 Å². The fourth-order valence-corrected chi connectivity index (χ4v) is 3.39. The van der Waals surface area contributed by atoms with E-state index in [2.05, 4.69) is 5.32 Å². The molecule has 2 rings (SSSR count). The first-order valence-electron chi connectivity index (χ1n) is 7.64. The Morgan fingerprint density at radius 3 is 2.87 bits per heavy atom. The smallest absolute Gasteiger partial charge is 0.409 e. The number of hydrogen-bond acceptors (Lipinski definition) is 5. The van der Waals surface area contributed by atoms with Crippen LogP contribution in [0.3, 0.4) is 0 Å². The van der Waals surface area contributed by atoms with Crippen molar-refractivity contribution in [3.8, 4) is 0 Å². The number of amides is 2. The van der Waals surface area contributed by atoms with E-state index >= 15 is 0 Å². The van der Waals surface area contributed by atoms with Crippen LogP contribution in [0.1, 0.15) is 29.4 Å². The zero-order valence-electron chi connectivity index (χ0n) is 13.0. The van der Waals surface area contributed by atoms with E-state index in [9.17, 15) is 14.7 Å². The lowest BCUT2D eigenvalue weighted by Crippen LogP contribution is -2.41. The van der Waals surface area contributed by atoms with Gasteiger partial charge in [0.1, 0.15) is 0 Å². The summed E-state index contributed by atoms with van der Waals surface area (Å²) < 4.78 is 5.72. The summed E-state index contributed by atoms with van der Waals surface area (Å²) >= 11 is 7.03. The molecule has 1 saturated heterocycles. The van der Waals surface area contributed by atoms with Crippen molar-refractivity contribution >= 4 is 34.9 Å². The predicted molar refractivity (Wildman–Crippen MR) is 89.0 cm³/mol. The summed E-state index contributed by atoms with van der Waals surface area (Å²) in [5.74, 6) is -0.445. The SMILES string of the molecule is CCCCOC(=O)N1CC(CO)C(NC(=O)c2ccc(Cl)s2)C1. The molecule has 6 nitrogen and oxygen atoms in total. The Morgan fingerprint density at radius 2 is 2.26 bits per heavy atom. The largest absolute Gasteiger partial charge is 0.449 e. The number of carbonyl (C=O) groups is 2. The van der Waals surface area contributed by atoms with Gasteiger partial charge in [0.15, 0.2) is 0 Å². The number of carbonyl (C=O) groups excluding carboxylic acids is 2. The molecule has 0 spiro atoms. The second kappa shape index (κ2) is 8.52. The first kappa shape index (κ1) is 18.0. The molecule has 1 aliphatic heterocycles. The van der Waals surface area contributed by atoms with Crippen LogP contribution in [0.25, 0.3) is 0 Å². The molecule has 0 aromatic carbocycles. The van der Waals surface area contributed by atoms with Gasteiger partial charge < -0.3 is 20.1 Å². The van der Waals surface area contributed by atoms with Gasteiger partial charge in [-0.25, -0.2) is 4.79 Å². The highest BCUT2D eigenvalue weighted by molar-refractivity contribution is 7.17. The van der Waals surface area contributed by atoms with Crippen LogP contribution < -0.4 is 5.32 Å². The first-order chi connectivity index (χ1) is 11.0. The monoisotopic (exact) mass is 360 g/mol. The van der Waals surface area contributed by atoms with Gasteiger partial charge in [0.05, 0.1) is 21.9 Å². The van der Waals surface area contributed by atoms with Crippen molar-refractivity contribution in [2.45, 2.75) is 25.8 Å². The van der Waals surface area contributed by atoms with Crippen LogP contribution in [-0.4, -0.2) is 54.4 Å². The fraction of sp³-hybridized carbons (Fsp3) is 0.600. The van der Waals surface area contributed by atoms with Gasteiger partial charge in [-0.1, -0.05) is 24.9 Å². The summed E-state index contributed by atoms with van der Waals surface area (Å²) in [6, 6.07) is 3.02. The number of nitrogens with zero attached hydrogens (tertiary/aromatic N) is 1. The van der Waals surface area contributed by atoms with Crippen LogP contribution in [0.2, 0.25) is 4.34 Å². The maximum absolute atomic E-state index is 12.2. The van der Waals surface area contributed by atoms with Crippen LogP contribution in [0, 0.1) is 5.92 Å². The summed E-state index contributed by atoms with van der Waals surface area (Å²) in [4.78, 5) is 26.2. The lowest BCUT2D eigenvalue weighted by atomic mass is 10.1. The molecule has 2 heterocycles. The van der Waals surface area contributed by atoms with Gasteiger partial charge in [0, 0.05) is 25.6 Å². The van der Waals surface area contributed by atoms with Crippen LogP contribution in [0.4, 0.5) is 4.79 Å². The minimum Gasteiger partial charge on any atom is -0.449 e. The molecular weight excluding hydrogens is 340 g/mol. The van der Waals surface area contributed by atoms with Gasteiger partial charge in [-0.15, -0.1) is 11.3 Å². The molecule has 0 aliphatic carbocycles. The average molecular weight is 361 g/mol. The minimum atomic E-state index is -0.396. The molecule has 128 valence electrons. The second-order valence-corrected chi connectivity index (χ2v) is 7.21. The lowest BCUT2D eigenvalue weighted by Gasteiger charge is -2.17. The summed E-state index contributed by atoms with van der Waals surface area (Å²) in [6.45, 7) is 3.02. The van der Waals surface area contributed by atoms with Crippen LogP contribution in [0.15, 0.2) is 12.1 Å². The number of halogens is 1. The van der Waals surface area contributed by atoms with Gasteiger partial charge in [-0.2, -0.15) is 0 Å². The van der Waals surface area contributed by atoms with E-state index in [1.807, 2.05) is 6.92 Å². The normalized spacial score (nSPS) is 20.6. The molecule has 8 heteroatoms. The number of unbranched alkanes of at least 4 members (excludes halogenated alkanes) is 1. The van der Waals surface area contributed by atoms with E-state index in [1.54, 1.807) is 12.1 Å². The van der Waals surface area contributed by atoms with Crippen molar-refractivity contribution in [1.29, 1.82) is 0 Å². The predicted octanol–water partition coefficient (Wildman–Crippen LogP) is 2.36. The van der Waals surface area contributed by atoms with Crippen molar-refractivity contribution in [3.05, 3.63) is 21.3 Å². The van der Waals surface area contributed by atoms with Gasteiger partial charge in [0.2, 0.25) is 0 Å². The molecule has 1 aromatic heterocycles. The third kappa shape index (κ3) is 4.83. The highest BCUT2D eigenvalue weighted by atomic mass is 35.5. The van der Waals surface area contributed by atoms with E-state index in [0.717, 1.165) is 12.8 Å². The quantitative estimate of drug-likeness (QED) is 0.763. The van der Waals surface area contributed by atoms with E-state index in [0.29, 0.717) is 28.9 Å². The zero-order valence-corrected chi connectivity index (χ0v) is 14.5. The summed E-state index contributed by atoms with van der Waals surface area (Å²) in [7, 11) is 0. The number of rotatable bonds is 6. The van der Waals surface area contributed by atoms with Crippen molar-refractivity contribution in [1.82, 2.24) is 10.2 Å². The van der Waals surface area contributed by atoms with E-state index in [1.165, 1.54) is 16.2 Å². The Labute approximate surface area is 144 Å². The number of ether oxygens (including phenoxy) is 1. The molecule has 0 saturated carbocycles. The third-order valence-corrected chi connectivity index (χ3v) is 5.00. The van der Waals surface area contributed by atoms with Crippen molar-refractivity contribution < 1.29 is 19.4 Å². The molecule has 0 radical (unpaired) electrons. The Balaban J connectivity index is 1.91. The fourth-order valence-electron chi connectivity index (χ4n) is 2.44. The zero-order chi connectivity index (χ0) is 16.8. The van der Waals surface area contributed by atoms with Gasteiger partial charge in [-0.3, -0.25) is 4.79 Å². The standard InChI is InChI=1S/C15H21ClN2O4S/c1-2-3-6-22-15(21)18-7-10(9-19)11(8-18)17-14(20)12-4-5-13(16)23-12/h4-5,10-11,19H,2-3,6-9H2,1H3,(H,17,20). The Morgan fingerprint density at radius 1 is 1.48 bits per heavy atom. The number of aliphatic hydroxyl groups excluding tert-OH is 1. The average Bonchev–Trinajstić information content (AvgIpc) is 3.13. The Hall–Kier alpha value is -1.31. The second-order valence-electron chi connectivity index (χ2n) is 5.50. The maximum atomic E-state index is 12.2. The number of nitrogens with one attached hydrogen (secondary N) is 1. The summed E-state index contributed by atoms with van der Waals surface area (Å²) in [5, 5.41) is 12.4. The van der Waals surface area contributed by atoms with E-state index < -0.39 is 6.09 Å². The van der Waals surface area contributed by atoms with E-state index in [-0.39, 0.29) is 24.5 Å². The van der Waals surface area contributed by atoms with Crippen LogP contribution in [0.5, 0.6) is 0 Å². The Bertz CT molecular complexity index is 551. The number of likely N-dealkylation sites (tertiary alicyclic amines) is 1. The molecule has 1 fully saturated rings. The van der Waals surface area contributed by atoms with E-state index in [4.69, 9.17) is 16.3 Å². The molecule has 0 bridgehead atoms. The topological polar surface area (TPSA) is 78.9 Å². The molecule has 2 amide bonds. The first-order valence-corrected chi connectivity index (χ1v) is 8.83. The highest BCUT2D eigenvalue weighted by Gasteiger charge is 2.36. The number of aliphatic hydroxyl groups is 1. The third-order valence-electron chi connectivity index (χ3n) is 3.77. The molecule has 1 aliphatic rings. The van der Waals surface area contributed by atoms with Crippen molar-refractivity contribution in [2.24, 2.45) is 5.92 Å². The molecule has 2 unspecified atom stereocenters. The lowest BCUT2D eigenvalue weighted by molar-refractivity contribution is 0.0921. The molecule has 2 atom stereocenters. The molecule has 1 aromatic rings. The van der Waals surface area contributed by atoms with Crippen molar-refractivity contribution in [3.63, 3.8) is 0 Å². The Kier molecular flexibility index (Phi) is 6.68. The van der Waals surface area contributed by atoms with Gasteiger partial charge >= 0.3 is 6.09 Å². The molecule has 2 N–H and O–H groups in total. The molecule has 23 heavy (non-hydrogen) atoms. The maximum Gasteiger partial charge on any atom is 0.409 e. The summed E-state index contributed by atoms with van der Waals surface area (Å²) in [6.07, 6.45) is 1.38.